The third kappa shape index (κ3) is 60.7. The molecule has 1 N–H and O–H groups in total. The van der Waals surface area contributed by atoms with Gasteiger partial charge in [0.2, 0.25) is 0 Å². The van der Waals surface area contributed by atoms with Crippen molar-refractivity contribution >= 4 is 10.4 Å². The van der Waals surface area contributed by atoms with Gasteiger partial charge in [0.05, 0.1) is 0 Å². The number of allylic oxidation sites excluding steroid dienone is 2. The Morgan fingerprint density at radius 1 is 0.429 bits per heavy atom. The Kier molecular flexibility index (Phi) is 53.7. The first-order chi connectivity index (χ1) is 19.4. The standard InChI is InChI=1S/C34H68O.2Na.H2O4S/c1-2-3-4-5-6-7-8-9-10-11-12-13-14-15-16-17-18-19-20-21-22-23-24-25-26-27-28-29-30-31-32-33-34-35;;;1-5(2,3)4/h9-10,35H,2-8,11-34H2,1H3;;;(H2,1,2,3,4)/q;2*+1;/p-2/b10-9-;;;. The summed E-state index contributed by atoms with van der Waals surface area (Å²) in [6.45, 7) is 2.67. The Balaban J connectivity index is -0.000000943. The molecule has 0 bridgehead atoms. The average Bonchev–Trinajstić information content (AvgIpc) is 2.91. The van der Waals surface area contributed by atoms with Crippen molar-refractivity contribution < 1.29 is 81.7 Å². The molecule has 0 amide bonds. The predicted molar refractivity (Wildman–Crippen MR) is 171 cm³/mol. The molecule has 42 heavy (non-hydrogen) atoms. The van der Waals surface area contributed by atoms with Crippen LogP contribution in [0.15, 0.2) is 12.2 Å². The van der Waals surface area contributed by atoms with Crippen LogP contribution in [-0.2, 0) is 10.4 Å². The van der Waals surface area contributed by atoms with E-state index in [2.05, 4.69) is 19.1 Å². The molecule has 0 aliphatic carbocycles. The van der Waals surface area contributed by atoms with Crippen LogP contribution in [0.3, 0.4) is 0 Å². The largest absolute Gasteiger partial charge is 1.00 e. The van der Waals surface area contributed by atoms with E-state index in [0.29, 0.717) is 6.61 Å². The molecule has 0 fully saturated rings. The summed E-state index contributed by atoms with van der Waals surface area (Å²) in [5.41, 5.74) is 0. The van der Waals surface area contributed by atoms with Crippen LogP contribution in [0.1, 0.15) is 200 Å². The summed E-state index contributed by atoms with van der Waals surface area (Å²) in [6, 6.07) is 0. The van der Waals surface area contributed by atoms with Gasteiger partial charge < -0.3 is 14.2 Å². The number of aliphatic hydroxyl groups is 1. The SMILES string of the molecule is CCCCCCCC/C=C\CCCCCCCCCCCCCCCCCCCCCCCCO.O=S(=O)([O-])[O-].[Na+].[Na+]. The monoisotopic (exact) mass is 634 g/mol. The Labute approximate surface area is 307 Å². The second-order valence-corrected chi connectivity index (χ2v) is 12.5. The minimum absolute atomic E-state index is 0. The van der Waals surface area contributed by atoms with Crippen molar-refractivity contribution in [1.29, 1.82) is 0 Å². The van der Waals surface area contributed by atoms with E-state index < -0.39 is 10.4 Å². The molecule has 0 saturated heterocycles. The smallest absolute Gasteiger partial charge is 0.759 e. The van der Waals surface area contributed by atoms with Gasteiger partial charge in [-0.2, -0.15) is 0 Å². The summed E-state index contributed by atoms with van der Waals surface area (Å²) < 4.78 is 34.1. The van der Waals surface area contributed by atoms with Crippen molar-refractivity contribution in [1.82, 2.24) is 0 Å². The molecule has 8 heteroatoms. The summed E-state index contributed by atoms with van der Waals surface area (Å²) in [5.74, 6) is 0. The summed E-state index contributed by atoms with van der Waals surface area (Å²) in [7, 11) is -5.17. The van der Waals surface area contributed by atoms with Gasteiger partial charge in [0, 0.05) is 17.0 Å². The van der Waals surface area contributed by atoms with Gasteiger partial charge >= 0.3 is 59.1 Å². The molecule has 0 radical (unpaired) electrons. The predicted octanol–water partition coefficient (Wildman–Crippen LogP) is 4.93. The van der Waals surface area contributed by atoms with Gasteiger partial charge in [-0.15, -0.1) is 0 Å². The van der Waals surface area contributed by atoms with Crippen molar-refractivity contribution in [3.05, 3.63) is 12.2 Å². The van der Waals surface area contributed by atoms with Crippen molar-refractivity contribution in [2.75, 3.05) is 6.61 Å². The number of unbranched alkanes of at least 4 members (excludes halogenated alkanes) is 28. The fourth-order valence-corrected chi connectivity index (χ4v) is 5.19. The van der Waals surface area contributed by atoms with E-state index in [1.165, 1.54) is 186 Å². The van der Waals surface area contributed by atoms with Crippen LogP contribution in [-0.4, -0.2) is 29.2 Å². The Bertz CT molecular complexity index is 580. The molecule has 0 heterocycles. The molecule has 0 spiro atoms. The van der Waals surface area contributed by atoms with Crippen LogP contribution >= 0.6 is 0 Å². The van der Waals surface area contributed by atoms with Gasteiger partial charge in [0.1, 0.15) is 0 Å². The van der Waals surface area contributed by atoms with Crippen LogP contribution < -0.4 is 59.1 Å². The minimum Gasteiger partial charge on any atom is -0.759 e. The van der Waals surface area contributed by atoms with E-state index >= 15 is 0 Å². The number of rotatable bonds is 31. The summed E-state index contributed by atoms with van der Waals surface area (Å²) in [4.78, 5) is 0. The second kappa shape index (κ2) is 44.7. The molecule has 0 aliphatic heterocycles. The van der Waals surface area contributed by atoms with Crippen molar-refractivity contribution in [3.8, 4) is 0 Å². The van der Waals surface area contributed by atoms with Crippen molar-refractivity contribution in [2.45, 2.75) is 200 Å². The Morgan fingerprint density at radius 2 is 0.619 bits per heavy atom. The zero-order chi connectivity index (χ0) is 29.8. The molecular formula is C34H68Na2O5S. The molecule has 5 nitrogen and oxygen atoms in total. The summed E-state index contributed by atoms with van der Waals surface area (Å²) >= 11 is 0. The number of hydrogen-bond acceptors (Lipinski definition) is 5. The first-order valence-corrected chi connectivity index (χ1v) is 18.7. The fraction of sp³-hybridized carbons (Fsp3) is 0.941. The van der Waals surface area contributed by atoms with Gasteiger partial charge in [-0.3, -0.25) is 8.42 Å². The molecule has 0 unspecified atom stereocenters. The molecule has 0 aromatic rings. The van der Waals surface area contributed by atoms with E-state index in [-0.39, 0.29) is 59.1 Å². The van der Waals surface area contributed by atoms with Crippen LogP contribution in [0.25, 0.3) is 0 Å². The van der Waals surface area contributed by atoms with Crippen LogP contribution in [0.5, 0.6) is 0 Å². The van der Waals surface area contributed by atoms with Crippen molar-refractivity contribution in [2.24, 2.45) is 0 Å². The maximum absolute atomic E-state index is 8.77. The van der Waals surface area contributed by atoms with Gasteiger partial charge in [0.25, 0.3) is 0 Å². The maximum Gasteiger partial charge on any atom is 1.00 e. The molecule has 0 aromatic carbocycles. The number of hydrogen-bond donors (Lipinski definition) is 1. The van der Waals surface area contributed by atoms with E-state index in [4.69, 9.17) is 22.6 Å². The third-order valence-corrected chi connectivity index (χ3v) is 7.67. The second-order valence-electron chi connectivity index (χ2n) is 11.7. The molecule has 0 aliphatic rings. The first kappa shape index (κ1) is 50.4. The topological polar surface area (TPSA) is 100 Å². The van der Waals surface area contributed by atoms with Gasteiger partial charge in [-0.25, -0.2) is 0 Å². The molecule has 0 atom stereocenters. The average molecular weight is 635 g/mol. The van der Waals surface area contributed by atoms with Crippen LogP contribution in [0, 0.1) is 0 Å². The van der Waals surface area contributed by atoms with E-state index in [9.17, 15) is 0 Å². The zero-order valence-corrected chi connectivity index (χ0v) is 33.4. The summed E-state index contributed by atoms with van der Waals surface area (Å²) in [6.07, 6.45) is 47.1. The van der Waals surface area contributed by atoms with Gasteiger partial charge in [0.15, 0.2) is 0 Å². The third-order valence-electron chi connectivity index (χ3n) is 7.67. The van der Waals surface area contributed by atoms with E-state index in [1.54, 1.807) is 0 Å². The van der Waals surface area contributed by atoms with Gasteiger partial charge in [-0.1, -0.05) is 180 Å². The molecular weight excluding hydrogens is 566 g/mol. The fourth-order valence-electron chi connectivity index (χ4n) is 5.19. The van der Waals surface area contributed by atoms with Gasteiger partial charge in [-0.05, 0) is 32.1 Å². The quantitative estimate of drug-likeness (QED) is 0.0384. The maximum atomic E-state index is 8.77. The Morgan fingerprint density at radius 3 is 0.833 bits per heavy atom. The molecule has 242 valence electrons. The van der Waals surface area contributed by atoms with E-state index in [1.807, 2.05) is 0 Å². The normalized spacial score (nSPS) is 11.1. The summed E-state index contributed by atoms with van der Waals surface area (Å²) in [5, 5.41) is 8.77. The Hall–Kier alpha value is 1.57. The minimum atomic E-state index is -5.17. The first-order valence-electron chi connectivity index (χ1n) is 17.3. The van der Waals surface area contributed by atoms with Crippen molar-refractivity contribution in [3.63, 3.8) is 0 Å². The zero-order valence-electron chi connectivity index (χ0n) is 28.6. The number of aliphatic hydroxyl groups excluding tert-OH is 1. The molecule has 0 rings (SSSR count). The molecule has 0 saturated carbocycles. The van der Waals surface area contributed by atoms with E-state index in [0.717, 1.165) is 6.42 Å². The van der Waals surface area contributed by atoms with Crippen LogP contribution in [0.2, 0.25) is 0 Å². The molecule has 0 aromatic heterocycles. The van der Waals surface area contributed by atoms with Crippen LogP contribution in [0.4, 0.5) is 0 Å².